The van der Waals surface area contributed by atoms with Crippen molar-refractivity contribution >= 4 is 11.6 Å². The molecular weight excluding hydrogens is 240 g/mol. The standard InChI is InChI=1S/C15H24N2O2/c1-6-19-13-9-7-8-12(16)14(13)15(18)17(5)11(4)10(2)3/h7-11H,6,16H2,1-5H3. The van der Waals surface area contributed by atoms with E-state index in [0.29, 0.717) is 29.5 Å². The molecule has 0 aliphatic heterocycles. The molecule has 1 aromatic carbocycles. The second-order valence-electron chi connectivity index (χ2n) is 5.05. The van der Waals surface area contributed by atoms with Gasteiger partial charge in [0.2, 0.25) is 0 Å². The molecule has 0 aliphatic rings. The SMILES string of the molecule is CCOc1cccc(N)c1C(=O)N(C)C(C)C(C)C. The maximum Gasteiger partial charge on any atom is 0.259 e. The van der Waals surface area contributed by atoms with Crippen molar-refractivity contribution in [1.82, 2.24) is 4.90 Å². The van der Waals surface area contributed by atoms with Crippen LogP contribution in [0.4, 0.5) is 5.69 Å². The van der Waals surface area contributed by atoms with E-state index in [-0.39, 0.29) is 11.9 Å². The highest BCUT2D eigenvalue weighted by molar-refractivity contribution is 6.01. The third-order valence-corrected chi connectivity index (χ3v) is 3.47. The van der Waals surface area contributed by atoms with Crippen LogP contribution in [-0.4, -0.2) is 30.5 Å². The van der Waals surface area contributed by atoms with Crippen LogP contribution in [0.1, 0.15) is 38.1 Å². The van der Waals surface area contributed by atoms with Crippen molar-refractivity contribution in [2.45, 2.75) is 33.7 Å². The normalized spacial score (nSPS) is 12.3. The fraction of sp³-hybridized carbons (Fsp3) is 0.533. The van der Waals surface area contributed by atoms with Crippen molar-refractivity contribution in [3.05, 3.63) is 23.8 Å². The number of carbonyl (C=O) groups excluding carboxylic acids is 1. The van der Waals surface area contributed by atoms with Crippen molar-refractivity contribution in [2.24, 2.45) is 5.92 Å². The minimum absolute atomic E-state index is 0.0947. The van der Waals surface area contributed by atoms with Crippen LogP contribution in [0.25, 0.3) is 0 Å². The van der Waals surface area contributed by atoms with E-state index in [4.69, 9.17) is 10.5 Å². The fourth-order valence-electron chi connectivity index (χ4n) is 1.86. The molecule has 4 heteroatoms. The number of nitrogens with zero attached hydrogens (tertiary/aromatic N) is 1. The highest BCUT2D eigenvalue weighted by atomic mass is 16.5. The molecule has 0 spiro atoms. The number of hydrogen-bond donors (Lipinski definition) is 1. The molecule has 4 nitrogen and oxygen atoms in total. The number of rotatable bonds is 5. The monoisotopic (exact) mass is 264 g/mol. The Kier molecular flexibility index (Phi) is 5.21. The predicted molar refractivity (Wildman–Crippen MR) is 78.4 cm³/mol. The lowest BCUT2D eigenvalue weighted by atomic mass is 10.0. The van der Waals surface area contributed by atoms with Crippen LogP contribution in [0.5, 0.6) is 5.75 Å². The maximum atomic E-state index is 12.6. The molecule has 106 valence electrons. The summed E-state index contributed by atoms with van der Waals surface area (Å²) in [5.74, 6) is 0.840. The minimum atomic E-state index is -0.0947. The van der Waals surface area contributed by atoms with E-state index in [1.807, 2.05) is 13.8 Å². The molecule has 1 amide bonds. The van der Waals surface area contributed by atoms with Gasteiger partial charge in [0, 0.05) is 18.8 Å². The number of anilines is 1. The van der Waals surface area contributed by atoms with Gasteiger partial charge >= 0.3 is 0 Å². The van der Waals surface area contributed by atoms with Gasteiger partial charge in [-0.2, -0.15) is 0 Å². The molecule has 0 bridgehead atoms. The Hall–Kier alpha value is -1.71. The number of hydrogen-bond acceptors (Lipinski definition) is 3. The van der Waals surface area contributed by atoms with E-state index >= 15 is 0 Å². The zero-order valence-corrected chi connectivity index (χ0v) is 12.4. The summed E-state index contributed by atoms with van der Waals surface area (Å²) in [5, 5.41) is 0. The van der Waals surface area contributed by atoms with Crippen LogP contribution in [-0.2, 0) is 0 Å². The van der Waals surface area contributed by atoms with E-state index in [1.54, 1.807) is 30.1 Å². The van der Waals surface area contributed by atoms with Gasteiger partial charge in [0.05, 0.1) is 6.61 Å². The summed E-state index contributed by atoms with van der Waals surface area (Å²) in [4.78, 5) is 14.3. The van der Waals surface area contributed by atoms with Crippen molar-refractivity contribution in [3.8, 4) is 5.75 Å². The lowest BCUT2D eigenvalue weighted by Gasteiger charge is -2.29. The second kappa shape index (κ2) is 6.45. The van der Waals surface area contributed by atoms with Gasteiger partial charge < -0.3 is 15.4 Å². The first-order valence-electron chi connectivity index (χ1n) is 6.68. The molecule has 0 heterocycles. The summed E-state index contributed by atoms with van der Waals surface area (Å²) in [6.07, 6.45) is 0. The Balaban J connectivity index is 3.11. The van der Waals surface area contributed by atoms with Gasteiger partial charge in [0.15, 0.2) is 0 Å². The quantitative estimate of drug-likeness (QED) is 0.832. The second-order valence-corrected chi connectivity index (χ2v) is 5.05. The molecule has 1 unspecified atom stereocenters. The number of ether oxygens (including phenoxy) is 1. The first-order valence-corrected chi connectivity index (χ1v) is 6.68. The van der Waals surface area contributed by atoms with Crippen LogP contribution in [0.2, 0.25) is 0 Å². The molecule has 1 atom stereocenters. The molecule has 0 saturated heterocycles. The zero-order valence-electron chi connectivity index (χ0n) is 12.4. The van der Waals surface area contributed by atoms with E-state index in [1.165, 1.54) is 0 Å². The smallest absolute Gasteiger partial charge is 0.259 e. The van der Waals surface area contributed by atoms with Gasteiger partial charge in [-0.15, -0.1) is 0 Å². The molecule has 0 radical (unpaired) electrons. The van der Waals surface area contributed by atoms with Gasteiger partial charge in [-0.25, -0.2) is 0 Å². The van der Waals surface area contributed by atoms with Gasteiger partial charge in [-0.05, 0) is 31.9 Å². The third-order valence-electron chi connectivity index (χ3n) is 3.47. The van der Waals surface area contributed by atoms with Crippen LogP contribution in [0, 0.1) is 5.92 Å². The minimum Gasteiger partial charge on any atom is -0.493 e. The fourth-order valence-corrected chi connectivity index (χ4v) is 1.86. The number of nitrogen functional groups attached to an aromatic ring is 1. The summed E-state index contributed by atoms with van der Waals surface area (Å²) in [5.41, 5.74) is 6.85. The molecule has 0 fully saturated rings. The van der Waals surface area contributed by atoms with E-state index in [0.717, 1.165) is 0 Å². The Morgan fingerprint density at radius 2 is 2.00 bits per heavy atom. The molecule has 0 aromatic heterocycles. The number of amides is 1. The number of benzene rings is 1. The van der Waals surface area contributed by atoms with Crippen molar-refractivity contribution < 1.29 is 9.53 Å². The maximum absolute atomic E-state index is 12.6. The van der Waals surface area contributed by atoms with Crippen LogP contribution in [0.15, 0.2) is 18.2 Å². The summed E-state index contributed by atoms with van der Waals surface area (Å²) in [7, 11) is 1.80. The third kappa shape index (κ3) is 3.40. The Morgan fingerprint density at radius 3 is 2.53 bits per heavy atom. The summed E-state index contributed by atoms with van der Waals surface area (Å²) in [6.45, 7) is 8.60. The van der Waals surface area contributed by atoms with Gasteiger partial charge in [0.1, 0.15) is 11.3 Å². The molecular formula is C15H24N2O2. The molecule has 0 saturated carbocycles. The lowest BCUT2D eigenvalue weighted by Crippen LogP contribution is -2.38. The van der Waals surface area contributed by atoms with Crippen LogP contribution in [0.3, 0.4) is 0 Å². The topological polar surface area (TPSA) is 55.6 Å². The van der Waals surface area contributed by atoms with Gasteiger partial charge in [0.25, 0.3) is 5.91 Å². The van der Waals surface area contributed by atoms with Gasteiger partial charge in [-0.3, -0.25) is 4.79 Å². The highest BCUT2D eigenvalue weighted by Gasteiger charge is 2.24. The van der Waals surface area contributed by atoms with Crippen LogP contribution >= 0.6 is 0 Å². The molecule has 1 rings (SSSR count). The van der Waals surface area contributed by atoms with Crippen molar-refractivity contribution in [1.29, 1.82) is 0 Å². The Bertz CT molecular complexity index is 444. The first-order chi connectivity index (χ1) is 8.90. The molecule has 2 N–H and O–H groups in total. The van der Waals surface area contributed by atoms with Crippen LogP contribution < -0.4 is 10.5 Å². The van der Waals surface area contributed by atoms with Gasteiger partial charge in [-0.1, -0.05) is 19.9 Å². The van der Waals surface area contributed by atoms with E-state index in [2.05, 4.69) is 13.8 Å². The first kappa shape index (κ1) is 15.3. The molecule has 0 aliphatic carbocycles. The Morgan fingerprint density at radius 1 is 1.37 bits per heavy atom. The number of nitrogens with two attached hydrogens (primary N) is 1. The Labute approximate surface area is 115 Å². The summed E-state index contributed by atoms with van der Waals surface area (Å²) >= 11 is 0. The largest absolute Gasteiger partial charge is 0.493 e. The average Bonchev–Trinajstić information content (AvgIpc) is 2.36. The highest BCUT2D eigenvalue weighted by Crippen LogP contribution is 2.27. The average molecular weight is 264 g/mol. The predicted octanol–water partition coefficient (Wildman–Crippen LogP) is 2.78. The van der Waals surface area contributed by atoms with Crippen molar-refractivity contribution in [3.63, 3.8) is 0 Å². The van der Waals surface area contributed by atoms with E-state index in [9.17, 15) is 4.79 Å². The van der Waals surface area contributed by atoms with E-state index < -0.39 is 0 Å². The molecule has 19 heavy (non-hydrogen) atoms. The molecule has 1 aromatic rings. The van der Waals surface area contributed by atoms with Crippen molar-refractivity contribution in [2.75, 3.05) is 19.4 Å². The summed E-state index contributed by atoms with van der Waals surface area (Å²) < 4.78 is 5.50. The zero-order chi connectivity index (χ0) is 14.6. The number of carbonyl (C=O) groups is 1. The summed E-state index contributed by atoms with van der Waals surface area (Å²) in [6, 6.07) is 5.44. The lowest BCUT2D eigenvalue weighted by molar-refractivity contribution is 0.0704.